The maximum absolute atomic E-state index is 13.1. The van der Waals surface area contributed by atoms with E-state index in [1.807, 2.05) is 18.9 Å². The van der Waals surface area contributed by atoms with E-state index in [1.165, 1.54) is 12.1 Å². The number of nitrogens with one attached hydrogen (secondary N) is 1. The van der Waals surface area contributed by atoms with E-state index in [2.05, 4.69) is 10.4 Å². The molecular weight excluding hydrogens is 399 g/mol. The molecule has 2 aliphatic rings. The van der Waals surface area contributed by atoms with Gasteiger partial charge in [-0.3, -0.25) is 14.3 Å². The summed E-state index contributed by atoms with van der Waals surface area (Å²) in [6.45, 7) is 4.24. The van der Waals surface area contributed by atoms with Crippen LogP contribution in [-0.4, -0.2) is 51.7 Å². The lowest BCUT2D eigenvalue weighted by molar-refractivity contribution is -0.140. The van der Waals surface area contributed by atoms with Crippen LogP contribution in [0, 0.1) is 5.82 Å². The van der Waals surface area contributed by atoms with Gasteiger partial charge in [-0.2, -0.15) is 5.10 Å². The van der Waals surface area contributed by atoms with Crippen LogP contribution in [0.2, 0.25) is 0 Å². The third-order valence-electron chi connectivity index (χ3n) is 6.33. The monoisotopic (exact) mass is 428 g/mol. The van der Waals surface area contributed by atoms with E-state index in [4.69, 9.17) is 4.74 Å². The molecule has 1 N–H and O–H groups in total. The average Bonchev–Trinajstić information content (AvgIpc) is 3.10. The summed E-state index contributed by atoms with van der Waals surface area (Å²) < 4.78 is 21.2. The van der Waals surface area contributed by atoms with Crippen molar-refractivity contribution in [2.75, 3.05) is 19.6 Å². The molecule has 0 aliphatic carbocycles. The first kappa shape index (κ1) is 21.5. The van der Waals surface area contributed by atoms with Crippen LogP contribution in [-0.2, 0) is 36.0 Å². The van der Waals surface area contributed by atoms with E-state index >= 15 is 0 Å². The number of ether oxygens (including phenoxy) is 1. The third kappa shape index (κ3) is 4.49. The Kier molecular flexibility index (Phi) is 6.09. The normalized spacial score (nSPS) is 17.5. The summed E-state index contributed by atoms with van der Waals surface area (Å²) in [5.74, 6) is -0.404. The molecule has 166 valence electrons. The minimum atomic E-state index is -0.329. The molecule has 1 aromatic heterocycles. The molecule has 8 heteroatoms. The first-order chi connectivity index (χ1) is 14.9. The van der Waals surface area contributed by atoms with Gasteiger partial charge in [0.2, 0.25) is 5.91 Å². The molecular formula is C23H29FN4O3. The van der Waals surface area contributed by atoms with E-state index in [0.29, 0.717) is 38.4 Å². The van der Waals surface area contributed by atoms with Gasteiger partial charge in [-0.1, -0.05) is 19.1 Å². The second-order valence-corrected chi connectivity index (χ2v) is 8.49. The van der Waals surface area contributed by atoms with E-state index in [0.717, 1.165) is 36.1 Å². The molecule has 0 radical (unpaired) electrons. The number of halogens is 1. The first-order valence-electron chi connectivity index (χ1n) is 10.9. The second-order valence-electron chi connectivity index (χ2n) is 8.49. The topological polar surface area (TPSA) is 76.5 Å². The van der Waals surface area contributed by atoms with Crippen LogP contribution in [0.3, 0.4) is 0 Å². The Morgan fingerprint density at radius 1 is 1.23 bits per heavy atom. The molecule has 1 fully saturated rings. The summed E-state index contributed by atoms with van der Waals surface area (Å²) in [4.78, 5) is 27.0. The van der Waals surface area contributed by atoms with Crippen LogP contribution < -0.4 is 5.32 Å². The Morgan fingerprint density at radius 3 is 2.61 bits per heavy atom. The highest BCUT2D eigenvalue weighted by Crippen LogP contribution is 2.37. The van der Waals surface area contributed by atoms with E-state index in [-0.39, 0.29) is 29.7 Å². The predicted molar refractivity (Wildman–Crippen MR) is 113 cm³/mol. The zero-order chi connectivity index (χ0) is 22.0. The van der Waals surface area contributed by atoms with Crippen molar-refractivity contribution < 1.29 is 18.7 Å². The van der Waals surface area contributed by atoms with Gasteiger partial charge < -0.3 is 15.0 Å². The van der Waals surface area contributed by atoms with Crippen LogP contribution in [0.1, 0.15) is 53.5 Å². The number of likely N-dealkylation sites (tertiary alicyclic amines) is 1. The van der Waals surface area contributed by atoms with Crippen LogP contribution in [0.5, 0.6) is 0 Å². The van der Waals surface area contributed by atoms with Gasteiger partial charge in [-0.25, -0.2) is 4.39 Å². The molecule has 3 heterocycles. The molecule has 31 heavy (non-hydrogen) atoms. The van der Waals surface area contributed by atoms with Crippen LogP contribution >= 0.6 is 0 Å². The van der Waals surface area contributed by atoms with Crippen molar-refractivity contribution in [3.05, 3.63) is 52.6 Å². The van der Waals surface area contributed by atoms with Crippen molar-refractivity contribution >= 4 is 11.8 Å². The maximum atomic E-state index is 13.1. The first-order valence-corrected chi connectivity index (χ1v) is 10.9. The molecule has 1 aromatic carbocycles. The third-order valence-corrected chi connectivity index (χ3v) is 6.33. The van der Waals surface area contributed by atoms with E-state index in [9.17, 15) is 14.0 Å². The number of hydrogen-bond donors (Lipinski definition) is 1. The maximum Gasteiger partial charge on any atom is 0.272 e. The van der Waals surface area contributed by atoms with E-state index in [1.54, 1.807) is 16.8 Å². The van der Waals surface area contributed by atoms with Crippen LogP contribution in [0.15, 0.2) is 24.3 Å². The van der Waals surface area contributed by atoms with Crippen molar-refractivity contribution in [2.24, 2.45) is 7.05 Å². The summed E-state index contributed by atoms with van der Waals surface area (Å²) in [5, 5.41) is 7.34. The molecule has 0 saturated carbocycles. The summed E-state index contributed by atoms with van der Waals surface area (Å²) in [7, 11) is 1.87. The molecule has 0 unspecified atom stereocenters. The van der Waals surface area contributed by atoms with Gasteiger partial charge in [0.25, 0.3) is 5.91 Å². The van der Waals surface area contributed by atoms with Crippen molar-refractivity contribution in [3.8, 4) is 0 Å². The molecule has 0 atom stereocenters. The van der Waals surface area contributed by atoms with Gasteiger partial charge in [0.1, 0.15) is 5.82 Å². The minimum Gasteiger partial charge on any atom is -0.370 e. The fourth-order valence-electron chi connectivity index (χ4n) is 4.44. The van der Waals surface area contributed by atoms with Crippen LogP contribution in [0.25, 0.3) is 0 Å². The number of amides is 2. The fourth-order valence-corrected chi connectivity index (χ4v) is 4.44. The fraction of sp³-hybridized carbons (Fsp3) is 0.522. The quantitative estimate of drug-likeness (QED) is 0.793. The number of benzene rings is 1. The molecule has 1 saturated heterocycles. The minimum absolute atomic E-state index is 0.0494. The van der Waals surface area contributed by atoms with Gasteiger partial charge in [0.15, 0.2) is 5.69 Å². The largest absolute Gasteiger partial charge is 0.370 e. The SMILES string of the molecule is CCCNC(=O)c1nn(C)c2c1COC1(CCN(C(=O)Cc3ccc(F)cc3)CC1)C2. The number of hydrogen-bond acceptors (Lipinski definition) is 4. The van der Waals surface area contributed by atoms with Gasteiger partial charge in [0.05, 0.1) is 18.6 Å². The lowest BCUT2D eigenvalue weighted by Gasteiger charge is -2.44. The number of aromatic nitrogens is 2. The smallest absolute Gasteiger partial charge is 0.272 e. The molecule has 2 aliphatic heterocycles. The number of fused-ring (bicyclic) bond motifs is 1. The summed E-state index contributed by atoms with van der Waals surface area (Å²) in [6.07, 6.45) is 3.31. The number of carbonyl (C=O) groups is 2. The molecule has 0 bridgehead atoms. The number of aryl methyl sites for hydroxylation is 1. The summed E-state index contributed by atoms with van der Waals surface area (Å²) >= 11 is 0. The lowest BCUT2D eigenvalue weighted by Crippen LogP contribution is -2.51. The summed E-state index contributed by atoms with van der Waals surface area (Å²) in [6, 6.07) is 6.07. The van der Waals surface area contributed by atoms with Crippen molar-refractivity contribution in [1.82, 2.24) is 20.0 Å². The van der Waals surface area contributed by atoms with Gasteiger partial charge in [-0.15, -0.1) is 0 Å². The lowest BCUT2D eigenvalue weighted by atomic mass is 9.83. The van der Waals surface area contributed by atoms with Crippen molar-refractivity contribution in [3.63, 3.8) is 0 Å². The Balaban J connectivity index is 1.39. The Morgan fingerprint density at radius 2 is 1.94 bits per heavy atom. The molecule has 1 spiro atoms. The van der Waals surface area contributed by atoms with Crippen LogP contribution in [0.4, 0.5) is 4.39 Å². The number of rotatable bonds is 5. The summed E-state index contributed by atoms with van der Waals surface area (Å²) in [5.41, 5.74) is 2.85. The highest BCUT2D eigenvalue weighted by molar-refractivity contribution is 5.94. The number of carbonyl (C=O) groups excluding carboxylic acids is 2. The number of piperidine rings is 1. The second kappa shape index (κ2) is 8.78. The molecule has 2 aromatic rings. The van der Waals surface area contributed by atoms with Gasteiger partial charge >= 0.3 is 0 Å². The number of nitrogens with zero attached hydrogens (tertiary/aromatic N) is 3. The van der Waals surface area contributed by atoms with Crippen molar-refractivity contribution in [1.29, 1.82) is 0 Å². The van der Waals surface area contributed by atoms with Gasteiger partial charge in [0, 0.05) is 44.4 Å². The Labute approximate surface area is 181 Å². The highest BCUT2D eigenvalue weighted by Gasteiger charge is 2.42. The molecule has 7 nitrogen and oxygen atoms in total. The Hall–Kier alpha value is -2.74. The molecule has 4 rings (SSSR count). The Bertz CT molecular complexity index is 962. The van der Waals surface area contributed by atoms with E-state index < -0.39 is 0 Å². The van der Waals surface area contributed by atoms with Gasteiger partial charge in [-0.05, 0) is 37.0 Å². The zero-order valence-corrected chi connectivity index (χ0v) is 18.1. The predicted octanol–water partition coefficient (Wildman–Crippen LogP) is 2.38. The standard InChI is InChI=1S/C23H29FN4O3/c1-3-10-25-22(30)21-18-15-31-23(14-19(18)27(2)26-21)8-11-28(12-9-23)20(29)13-16-4-6-17(24)7-5-16/h4-7H,3,8-15H2,1-2H3,(H,25,30). The van der Waals surface area contributed by atoms with Crippen molar-refractivity contribution in [2.45, 2.75) is 51.2 Å². The highest BCUT2D eigenvalue weighted by atomic mass is 19.1. The average molecular weight is 429 g/mol. The zero-order valence-electron chi connectivity index (χ0n) is 18.1. The molecule has 2 amide bonds.